The molecular weight excluding hydrogens is 272 g/mol. The van der Waals surface area contributed by atoms with Crippen LogP contribution < -0.4 is 5.73 Å². The Hall–Kier alpha value is -1.50. The second-order valence-electron chi connectivity index (χ2n) is 6.04. The second kappa shape index (κ2) is 8.07. The smallest absolute Gasteiger partial charge is 0.410 e. The number of nitrogens with two attached hydrogens (primary N) is 1. The zero-order valence-corrected chi connectivity index (χ0v) is 13.6. The van der Waals surface area contributed by atoms with Crippen LogP contribution in [0.5, 0.6) is 0 Å². The fraction of sp³-hybridized carbons (Fsp3) is 0.857. The summed E-state index contributed by atoms with van der Waals surface area (Å²) in [5, 5.41) is 0. The van der Waals surface area contributed by atoms with E-state index in [2.05, 4.69) is 4.99 Å². The summed E-state index contributed by atoms with van der Waals surface area (Å²) < 4.78 is 10.3. The summed E-state index contributed by atoms with van der Waals surface area (Å²) in [4.78, 5) is 20.0. The number of methoxy groups -OCH3 is 1. The van der Waals surface area contributed by atoms with E-state index < -0.39 is 5.60 Å². The van der Waals surface area contributed by atoms with Crippen LogP contribution in [-0.4, -0.2) is 73.9 Å². The molecule has 21 heavy (non-hydrogen) atoms. The Kier molecular flexibility index (Phi) is 6.74. The van der Waals surface area contributed by atoms with Gasteiger partial charge in [0.25, 0.3) is 0 Å². The number of rotatable bonds is 4. The maximum Gasteiger partial charge on any atom is 0.410 e. The number of ether oxygens (including phenoxy) is 2. The van der Waals surface area contributed by atoms with E-state index in [-0.39, 0.29) is 6.09 Å². The van der Waals surface area contributed by atoms with Crippen molar-refractivity contribution in [1.82, 2.24) is 9.80 Å². The first-order valence-corrected chi connectivity index (χ1v) is 7.35. The predicted molar refractivity (Wildman–Crippen MR) is 82.4 cm³/mol. The van der Waals surface area contributed by atoms with Crippen LogP contribution in [0.2, 0.25) is 0 Å². The van der Waals surface area contributed by atoms with Crippen molar-refractivity contribution in [2.75, 3.05) is 46.4 Å². The van der Waals surface area contributed by atoms with Gasteiger partial charge in [0.05, 0.1) is 0 Å². The topological polar surface area (TPSA) is 80.4 Å². The Morgan fingerprint density at radius 2 is 1.76 bits per heavy atom. The number of carbonyl (C=O) groups excluding carboxylic acids is 1. The molecule has 0 spiro atoms. The maximum atomic E-state index is 11.9. The van der Waals surface area contributed by atoms with Gasteiger partial charge in [-0.1, -0.05) is 0 Å². The van der Waals surface area contributed by atoms with Crippen molar-refractivity contribution in [3.8, 4) is 0 Å². The highest BCUT2D eigenvalue weighted by molar-refractivity contribution is 5.78. The minimum Gasteiger partial charge on any atom is -0.444 e. The first-order valence-electron chi connectivity index (χ1n) is 7.35. The van der Waals surface area contributed by atoms with Crippen LogP contribution in [0.3, 0.4) is 0 Å². The summed E-state index contributed by atoms with van der Waals surface area (Å²) in [5.74, 6) is 0.537. The van der Waals surface area contributed by atoms with Crippen molar-refractivity contribution < 1.29 is 14.3 Å². The SMILES string of the molecule is COCCCN=C(N)N1CCN(C(=O)OC(C)(C)C)CC1. The van der Waals surface area contributed by atoms with Gasteiger partial charge in [-0.25, -0.2) is 4.79 Å². The number of aliphatic imine (C=N–C) groups is 1. The average Bonchev–Trinajstić information content (AvgIpc) is 2.41. The van der Waals surface area contributed by atoms with E-state index in [9.17, 15) is 4.79 Å². The third-order valence-electron chi connectivity index (χ3n) is 3.04. The molecule has 0 aliphatic carbocycles. The lowest BCUT2D eigenvalue weighted by Crippen LogP contribution is -2.53. The molecule has 7 nitrogen and oxygen atoms in total. The molecule has 0 radical (unpaired) electrons. The number of hydrogen-bond acceptors (Lipinski definition) is 4. The van der Waals surface area contributed by atoms with Crippen molar-refractivity contribution >= 4 is 12.1 Å². The summed E-state index contributed by atoms with van der Waals surface area (Å²) in [5.41, 5.74) is 5.49. The van der Waals surface area contributed by atoms with Gasteiger partial charge in [-0.05, 0) is 27.2 Å². The molecule has 0 bridgehead atoms. The lowest BCUT2D eigenvalue weighted by molar-refractivity contribution is 0.0186. The largest absolute Gasteiger partial charge is 0.444 e. The van der Waals surface area contributed by atoms with Crippen molar-refractivity contribution in [2.45, 2.75) is 32.8 Å². The van der Waals surface area contributed by atoms with Crippen LogP contribution in [0.15, 0.2) is 4.99 Å². The van der Waals surface area contributed by atoms with E-state index in [1.54, 1.807) is 12.0 Å². The number of piperazine rings is 1. The van der Waals surface area contributed by atoms with E-state index in [4.69, 9.17) is 15.2 Å². The average molecular weight is 300 g/mol. The third kappa shape index (κ3) is 6.66. The van der Waals surface area contributed by atoms with Gasteiger partial charge in [0.2, 0.25) is 0 Å². The fourth-order valence-corrected chi connectivity index (χ4v) is 1.95. The fourth-order valence-electron chi connectivity index (χ4n) is 1.95. The molecule has 2 N–H and O–H groups in total. The van der Waals surface area contributed by atoms with Crippen molar-refractivity contribution in [3.63, 3.8) is 0 Å². The molecule has 1 aliphatic rings. The van der Waals surface area contributed by atoms with Gasteiger partial charge in [0.1, 0.15) is 5.60 Å². The van der Waals surface area contributed by atoms with Crippen LogP contribution in [0.4, 0.5) is 4.79 Å². The second-order valence-corrected chi connectivity index (χ2v) is 6.04. The van der Waals surface area contributed by atoms with E-state index in [0.717, 1.165) is 6.42 Å². The maximum absolute atomic E-state index is 11.9. The normalized spacial score (nSPS) is 17.0. The highest BCUT2D eigenvalue weighted by atomic mass is 16.6. The van der Waals surface area contributed by atoms with Gasteiger partial charge in [-0.3, -0.25) is 4.99 Å². The molecule has 1 rings (SSSR count). The van der Waals surface area contributed by atoms with Crippen molar-refractivity contribution in [3.05, 3.63) is 0 Å². The molecule has 122 valence electrons. The molecule has 0 aromatic rings. The minimum absolute atomic E-state index is 0.266. The van der Waals surface area contributed by atoms with Crippen LogP contribution in [0.1, 0.15) is 27.2 Å². The molecule has 1 saturated heterocycles. The number of nitrogens with zero attached hydrogens (tertiary/aromatic N) is 3. The van der Waals surface area contributed by atoms with Gasteiger partial charge in [-0.15, -0.1) is 0 Å². The van der Waals surface area contributed by atoms with E-state index in [0.29, 0.717) is 45.3 Å². The number of hydrogen-bond donors (Lipinski definition) is 1. The highest BCUT2D eigenvalue weighted by Gasteiger charge is 2.26. The number of amides is 1. The van der Waals surface area contributed by atoms with Crippen LogP contribution >= 0.6 is 0 Å². The van der Waals surface area contributed by atoms with Crippen molar-refractivity contribution in [1.29, 1.82) is 0 Å². The van der Waals surface area contributed by atoms with Crippen LogP contribution in [0, 0.1) is 0 Å². The van der Waals surface area contributed by atoms with Gasteiger partial charge in [0, 0.05) is 46.4 Å². The van der Waals surface area contributed by atoms with Gasteiger partial charge >= 0.3 is 6.09 Å². The lowest BCUT2D eigenvalue weighted by Gasteiger charge is -2.36. The van der Waals surface area contributed by atoms with Gasteiger partial charge < -0.3 is 25.0 Å². The van der Waals surface area contributed by atoms with Gasteiger partial charge in [-0.2, -0.15) is 0 Å². The summed E-state index contributed by atoms with van der Waals surface area (Å²) in [6.07, 6.45) is 0.590. The summed E-state index contributed by atoms with van der Waals surface area (Å²) in [7, 11) is 1.67. The molecule has 1 amide bonds. The Morgan fingerprint density at radius 3 is 2.29 bits per heavy atom. The molecule has 0 saturated carbocycles. The molecule has 1 heterocycles. The molecule has 7 heteroatoms. The summed E-state index contributed by atoms with van der Waals surface area (Å²) in [6, 6.07) is 0. The van der Waals surface area contributed by atoms with Crippen LogP contribution in [-0.2, 0) is 9.47 Å². The minimum atomic E-state index is -0.462. The third-order valence-corrected chi connectivity index (χ3v) is 3.04. The Morgan fingerprint density at radius 1 is 1.19 bits per heavy atom. The summed E-state index contributed by atoms with van der Waals surface area (Å²) in [6.45, 7) is 9.50. The van der Waals surface area contributed by atoms with E-state index in [1.807, 2.05) is 25.7 Å². The highest BCUT2D eigenvalue weighted by Crippen LogP contribution is 2.11. The monoisotopic (exact) mass is 300 g/mol. The predicted octanol–water partition coefficient (Wildman–Crippen LogP) is 0.890. The molecule has 1 aliphatic heterocycles. The summed E-state index contributed by atoms with van der Waals surface area (Å²) >= 11 is 0. The number of guanidine groups is 1. The van der Waals surface area contributed by atoms with Gasteiger partial charge in [0.15, 0.2) is 5.96 Å². The first-order chi connectivity index (χ1) is 9.83. The molecule has 0 atom stereocenters. The Balaban J connectivity index is 2.36. The zero-order chi connectivity index (χ0) is 15.9. The first kappa shape index (κ1) is 17.6. The molecule has 0 unspecified atom stereocenters. The Bertz CT molecular complexity index is 358. The molecular formula is C14H28N4O3. The van der Waals surface area contributed by atoms with E-state index >= 15 is 0 Å². The van der Waals surface area contributed by atoms with E-state index in [1.165, 1.54) is 0 Å². The molecule has 1 fully saturated rings. The zero-order valence-electron chi connectivity index (χ0n) is 13.6. The van der Waals surface area contributed by atoms with Crippen molar-refractivity contribution in [2.24, 2.45) is 10.7 Å². The number of carbonyl (C=O) groups is 1. The standard InChI is InChI=1S/C14H28N4O3/c1-14(2,3)21-13(19)18-9-7-17(8-10-18)12(15)16-6-5-11-20-4/h5-11H2,1-4H3,(H2,15,16). The van der Waals surface area contributed by atoms with Crippen LogP contribution in [0.25, 0.3) is 0 Å². The Labute approximate surface area is 127 Å². The quantitative estimate of drug-likeness (QED) is 0.474. The molecule has 0 aromatic heterocycles. The molecule has 0 aromatic carbocycles. The lowest BCUT2D eigenvalue weighted by atomic mass is 10.2.